The second-order valence-electron chi connectivity index (χ2n) is 7.82. The summed E-state index contributed by atoms with van der Waals surface area (Å²) >= 11 is 0. The van der Waals surface area contributed by atoms with E-state index in [2.05, 4.69) is 22.0 Å². The molecule has 138 valence electrons. The van der Waals surface area contributed by atoms with Crippen LogP contribution in [0, 0.1) is 5.41 Å². The Bertz CT molecular complexity index is 398. The Morgan fingerprint density at radius 2 is 1.96 bits per heavy atom. The van der Waals surface area contributed by atoms with Crippen molar-refractivity contribution in [3.05, 3.63) is 0 Å². The van der Waals surface area contributed by atoms with Gasteiger partial charge in [0.05, 0.1) is 6.61 Å². The molecular formula is C19H36N4O. The van der Waals surface area contributed by atoms with Crippen LogP contribution in [-0.2, 0) is 4.74 Å². The minimum atomic E-state index is 0.405. The summed E-state index contributed by atoms with van der Waals surface area (Å²) < 4.78 is 5.65. The molecular weight excluding hydrogens is 300 g/mol. The number of hydrogen-bond donors (Lipinski definition) is 1. The van der Waals surface area contributed by atoms with Gasteiger partial charge in [-0.25, -0.2) is 0 Å². The highest BCUT2D eigenvalue weighted by Gasteiger charge is 2.42. The van der Waals surface area contributed by atoms with Gasteiger partial charge in [0.25, 0.3) is 0 Å². The van der Waals surface area contributed by atoms with Gasteiger partial charge in [0.2, 0.25) is 0 Å². The Morgan fingerprint density at radius 1 is 1.12 bits per heavy atom. The van der Waals surface area contributed by atoms with Gasteiger partial charge in [-0.1, -0.05) is 12.8 Å². The first-order valence-electron chi connectivity index (χ1n) is 10.1. The average Bonchev–Trinajstić information content (AvgIpc) is 3.14. The highest BCUT2D eigenvalue weighted by molar-refractivity contribution is 5.80. The fraction of sp³-hybridized carbons (Fsp3) is 0.947. The normalized spacial score (nSPS) is 29.4. The molecule has 3 saturated heterocycles. The average molecular weight is 337 g/mol. The molecule has 3 aliphatic rings. The number of hydrogen-bond acceptors (Lipinski definition) is 3. The minimum absolute atomic E-state index is 0.405. The molecule has 3 aliphatic heterocycles. The van der Waals surface area contributed by atoms with Crippen LogP contribution in [0.25, 0.3) is 0 Å². The fourth-order valence-corrected chi connectivity index (χ4v) is 4.35. The zero-order chi connectivity index (χ0) is 16.7. The van der Waals surface area contributed by atoms with Gasteiger partial charge in [0.1, 0.15) is 0 Å². The first kappa shape index (κ1) is 18.0. The van der Waals surface area contributed by atoms with Crippen molar-refractivity contribution < 1.29 is 4.74 Å². The molecule has 0 aromatic carbocycles. The van der Waals surface area contributed by atoms with E-state index in [1.807, 2.05) is 0 Å². The van der Waals surface area contributed by atoms with Crippen molar-refractivity contribution in [1.29, 1.82) is 0 Å². The van der Waals surface area contributed by atoms with Crippen LogP contribution < -0.4 is 5.32 Å². The summed E-state index contributed by atoms with van der Waals surface area (Å²) in [6, 6.07) is 0. The minimum Gasteiger partial charge on any atom is -0.381 e. The predicted octanol–water partition coefficient (Wildman–Crippen LogP) is 2.33. The zero-order valence-corrected chi connectivity index (χ0v) is 15.6. The van der Waals surface area contributed by atoms with Gasteiger partial charge in [-0.05, 0) is 58.7 Å². The lowest BCUT2D eigenvalue weighted by Gasteiger charge is -2.25. The lowest BCUT2D eigenvalue weighted by Crippen LogP contribution is -2.41. The van der Waals surface area contributed by atoms with E-state index in [1.54, 1.807) is 0 Å². The van der Waals surface area contributed by atoms with Crippen molar-refractivity contribution in [3.8, 4) is 0 Å². The number of ether oxygens (including phenoxy) is 1. The van der Waals surface area contributed by atoms with Gasteiger partial charge >= 0.3 is 0 Å². The summed E-state index contributed by atoms with van der Waals surface area (Å²) in [4.78, 5) is 10.0. The van der Waals surface area contributed by atoms with Gasteiger partial charge in [0, 0.05) is 38.2 Å². The third-order valence-corrected chi connectivity index (χ3v) is 5.85. The lowest BCUT2D eigenvalue weighted by molar-refractivity contribution is 0.156. The number of rotatable bonds is 5. The molecule has 0 bridgehead atoms. The number of nitrogens with zero attached hydrogens (tertiary/aromatic N) is 3. The quantitative estimate of drug-likeness (QED) is 0.475. The first-order chi connectivity index (χ1) is 11.8. The van der Waals surface area contributed by atoms with Crippen LogP contribution in [-0.4, -0.2) is 74.8 Å². The monoisotopic (exact) mass is 336 g/mol. The maximum atomic E-state index is 5.65. The molecule has 0 saturated carbocycles. The summed E-state index contributed by atoms with van der Waals surface area (Å²) in [5.74, 6) is 1.12. The predicted molar refractivity (Wildman–Crippen MR) is 99.6 cm³/mol. The van der Waals surface area contributed by atoms with E-state index >= 15 is 0 Å². The van der Waals surface area contributed by atoms with Crippen molar-refractivity contribution in [2.45, 2.75) is 51.9 Å². The molecule has 24 heavy (non-hydrogen) atoms. The van der Waals surface area contributed by atoms with Gasteiger partial charge < -0.3 is 19.9 Å². The number of nitrogens with one attached hydrogen (secondary N) is 1. The van der Waals surface area contributed by atoms with Gasteiger partial charge in [-0.2, -0.15) is 0 Å². The van der Waals surface area contributed by atoms with E-state index in [9.17, 15) is 0 Å². The van der Waals surface area contributed by atoms with Crippen LogP contribution >= 0.6 is 0 Å². The van der Waals surface area contributed by atoms with Crippen LogP contribution in [0.1, 0.15) is 51.9 Å². The van der Waals surface area contributed by atoms with Crippen molar-refractivity contribution in [1.82, 2.24) is 15.1 Å². The van der Waals surface area contributed by atoms with E-state index in [0.717, 1.165) is 45.4 Å². The van der Waals surface area contributed by atoms with Gasteiger partial charge in [0.15, 0.2) is 5.96 Å². The molecule has 1 N–H and O–H groups in total. The summed E-state index contributed by atoms with van der Waals surface area (Å²) in [6.45, 7) is 12.0. The third kappa shape index (κ3) is 4.85. The van der Waals surface area contributed by atoms with Crippen LogP contribution in [0.2, 0.25) is 0 Å². The van der Waals surface area contributed by atoms with Crippen LogP contribution in [0.3, 0.4) is 0 Å². The Hall–Kier alpha value is -0.810. The molecule has 5 nitrogen and oxygen atoms in total. The topological polar surface area (TPSA) is 40.1 Å². The highest BCUT2D eigenvalue weighted by atomic mass is 16.5. The molecule has 3 fully saturated rings. The molecule has 0 aromatic heterocycles. The molecule has 1 spiro atoms. The molecule has 0 amide bonds. The molecule has 3 heterocycles. The van der Waals surface area contributed by atoms with Gasteiger partial charge in [-0.3, -0.25) is 4.99 Å². The molecule has 0 aliphatic carbocycles. The first-order valence-corrected chi connectivity index (χ1v) is 10.1. The molecule has 1 unspecified atom stereocenters. The molecule has 5 heteroatoms. The van der Waals surface area contributed by atoms with E-state index in [4.69, 9.17) is 9.73 Å². The highest BCUT2D eigenvalue weighted by Crippen LogP contribution is 2.38. The van der Waals surface area contributed by atoms with Crippen molar-refractivity contribution >= 4 is 5.96 Å². The second-order valence-corrected chi connectivity index (χ2v) is 7.82. The SMILES string of the molecule is CCNC(=NCCCN1CCCCCC1)N1CCC2(CCOC2)C1. The standard InChI is InChI=1S/C19H36N4O/c1-2-20-18(23-14-8-19(16-23)9-15-24-17-19)21-10-7-13-22-11-5-3-4-6-12-22/h2-17H2,1H3,(H,20,21). The fourth-order valence-electron chi connectivity index (χ4n) is 4.35. The van der Waals surface area contributed by atoms with Crippen molar-refractivity contribution in [2.75, 3.05) is 59.0 Å². The summed E-state index contributed by atoms with van der Waals surface area (Å²) in [5, 5.41) is 3.50. The zero-order valence-electron chi connectivity index (χ0n) is 15.6. The van der Waals surface area contributed by atoms with E-state index in [0.29, 0.717) is 5.41 Å². The smallest absolute Gasteiger partial charge is 0.193 e. The summed E-state index contributed by atoms with van der Waals surface area (Å²) in [5.41, 5.74) is 0.405. The number of aliphatic imine (C=N–C) groups is 1. The van der Waals surface area contributed by atoms with Gasteiger partial charge in [-0.15, -0.1) is 0 Å². The maximum absolute atomic E-state index is 5.65. The maximum Gasteiger partial charge on any atom is 0.193 e. The van der Waals surface area contributed by atoms with Crippen LogP contribution in [0.5, 0.6) is 0 Å². The summed E-state index contributed by atoms with van der Waals surface area (Å²) in [6.07, 6.45) is 9.24. The molecule has 3 rings (SSSR count). The number of likely N-dealkylation sites (tertiary alicyclic amines) is 2. The van der Waals surface area contributed by atoms with E-state index in [-0.39, 0.29) is 0 Å². The lowest BCUT2D eigenvalue weighted by atomic mass is 9.87. The Balaban J connectivity index is 1.45. The second kappa shape index (κ2) is 9.04. The van der Waals surface area contributed by atoms with E-state index in [1.165, 1.54) is 64.6 Å². The Labute approximate surface area is 147 Å². The van der Waals surface area contributed by atoms with E-state index < -0.39 is 0 Å². The summed E-state index contributed by atoms with van der Waals surface area (Å²) in [7, 11) is 0. The molecule has 0 radical (unpaired) electrons. The Morgan fingerprint density at radius 3 is 2.67 bits per heavy atom. The van der Waals surface area contributed by atoms with Crippen LogP contribution in [0.15, 0.2) is 4.99 Å². The molecule has 0 aromatic rings. The number of guanidine groups is 1. The van der Waals surface area contributed by atoms with Crippen molar-refractivity contribution in [2.24, 2.45) is 10.4 Å². The Kier molecular flexibility index (Phi) is 6.78. The van der Waals surface area contributed by atoms with Crippen molar-refractivity contribution in [3.63, 3.8) is 0 Å². The largest absolute Gasteiger partial charge is 0.381 e. The third-order valence-electron chi connectivity index (χ3n) is 5.85. The van der Waals surface area contributed by atoms with Crippen LogP contribution in [0.4, 0.5) is 0 Å². The molecule has 1 atom stereocenters.